The van der Waals surface area contributed by atoms with Crippen LogP contribution >= 0.6 is 0 Å². The van der Waals surface area contributed by atoms with Crippen molar-refractivity contribution in [3.8, 4) is 0 Å². The molecule has 1 saturated carbocycles. The first-order chi connectivity index (χ1) is 5.92. The lowest BCUT2D eigenvalue weighted by Gasteiger charge is -2.43. The average Bonchev–Trinajstić information content (AvgIpc) is 2.12. The van der Waals surface area contributed by atoms with Gasteiger partial charge in [0.05, 0.1) is 24.9 Å². The lowest BCUT2D eigenvalue weighted by atomic mass is 9.77. The van der Waals surface area contributed by atoms with Gasteiger partial charge in [-0.2, -0.15) is 0 Å². The fourth-order valence-corrected chi connectivity index (χ4v) is 1.56. The zero-order valence-electron chi connectivity index (χ0n) is 7.04. The molecule has 1 fully saturated rings. The summed E-state index contributed by atoms with van der Waals surface area (Å²) in [6.07, 6.45) is -4.23. The molecule has 5 atom stereocenters. The zero-order chi connectivity index (χ0) is 10.2. The van der Waals surface area contributed by atoms with Crippen molar-refractivity contribution >= 4 is 0 Å². The second-order valence-electron chi connectivity index (χ2n) is 3.55. The normalized spacial score (nSPS) is 52.2. The van der Waals surface area contributed by atoms with Crippen LogP contribution in [0.3, 0.4) is 0 Å². The van der Waals surface area contributed by atoms with Crippen LogP contribution in [0.4, 0.5) is 0 Å². The van der Waals surface area contributed by atoms with Gasteiger partial charge >= 0.3 is 0 Å². The summed E-state index contributed by atoms with van der Waals surface area (Å²) in [5.74, 6) is 0. The molecule has 0 spiro atoms. The molecule has 1 rings (SSSR count). The first-order valence-corrected chi connectivity index (χ1v) is 4.05. The van der Waals surface area contributed by atoms with Gasteiger partial charge in [0.2, 0.25) is 0 Å². The minimum atomic E-state index is -1.82. The van der Waals surface area contributed by atoms with Crippen LogP contribution in [-0.4, -0.2) is 62.1 Å². The third kappa shape index (κ3) is 1.69. The van der Waals surface area contributed by atoms with Gasteiger partial charge in [-0.25, -0.2) is 0 Å². The highest BCUT2D eigenvalue weighted by molar-refractivity contribution is 5.03. The molecule has 1 aliphatic carbocycles. The summed E-state index contributed by atoms with van der Waals surface area (Å²) in [5, 5.41) is 46.2. The Morgan fingerprint density at radius 3 is 2.31 bits per heavy atom. The molecule has 6 nitrogen and oxygen atoms in total. The van der Waals surface area contributed by atoms with Crippen molar-refractivity contribution in [3.05, 3.63) is 0 Å². The second kappa shape index (κ2) is 3.49. The molecule has 0 radical (unpaired) electrons. The van der Waals surface area contributed by atoms with Gasteiger partial charge < -0.3 is 31.3 Å². The molecule has 0 amide bonds. The van der Waals surface area contributed by atoms with E-state index in [1.54, 1.807) is 0 Å². The van der Waals surface area contributed by atoms with Crippen molar-refractivity contribution in [2.45, 2.75) is 36.4 Å². The van der Waals surface area contributed by atoms with E-state index in [1.807, 2.05) is 0 Å². The van der Waals surface area contributed by atoms with Crippen molar-refractivity contribution in [1.29, 1.82) is 0 Å². The number of hydrogen-bond donors (Lipinski definition) is 6. The van der Waals surface area contributed by atoms with Crippen molar-refractivity contribution in [3.63, 3.8) is 0 Å². The van der Waals surface area contributed by atoms with E-state index in [1.165, 1.54) is 0 Å². The Labute approximate surface area is 75.2 Å². The predicted molar refractivity (Wildman–Crippen MR) is 42.6 cm³/mol. The van der Waals surface area contributed by atoms with E-state index in [0.29, 0.717) is 0 Å². The maximum Gasteiger partial charge on any atom is 0.118 e. The van der Waals surface area contributed by atoms with Crippen LogP contribution in [0.2, 0.25) is 0 Å². The molecule has 0 aromatic rings. The lowest BCUT2D eigenvalue weighted by molar-refractivity contribution is -0.188. The number of aliphatic hydroxyl groups excluding tert-OH is 4. The van der Waals surface area contributed by atoms with Gasteiger partial charge in [-0.05, 0) is 0 Å². The van der Waals surface area contributed by atoms with Gasteiger partial charge in [0.1, 0.15) is 11.7 Å². The maximum atomic E-state index is 9.56. The number of aliphatic hydroxyl groups is 5. The van der Waals surface area contributed by atoms with Gasteiger partial charge in [0.25, 0.3) is 0 Å². The molecule has 7 N–H and O–H groups in total. The molecular formula is C7H15NO5. The van der Waals surface area contributed by atoms with Crippen LogP contribution in [0.1, 0.15) is 6.42 Å². The Kier molecular flexibility index (Phi) is 2.91. The number of nitrogens with two attached hydrogens (primary N) is 1. The van der Waals surface area contributed by atoms with E-state index in [-0.39, 0.29) is 6.42 Å². The molecule has 0 aliphatic heterocycles. The van der Waals surface area contributed by atoms with Crippen LogP contribution < -0.4 is 5.73 Å². The second-order valence-corrected chi connectivity index (χ2v) is 3.55. The molecule has 0 saturated heterocycles. The third-order valence-electron chi connectivity index (χ3n) is 2.54. The number of rotatable bonds is 1. The monoisotopic (exact) mass is 193 g/mol. The van der Waals surface area contributed by atoms with Crippen molar-refractivity contribution in [2.75, 3.05) is 6.61 Å². The van der Waals surface area contributed by atoms with Crippen molar-refractivity contribution in [1.82, 2.24) is 0 Å². The van der Waals surface area contributed by atoms with Crippen molar-refractivity contribution < 1.29 is 25.5 Å². The SMILES string of the molecule is N[C@H]1[C@@H](O)[C@H](O)C[C@](O)(CO)[C@@H]1O. The average molecular weight is 193 g/mol. The van der Waals surface area contributed by atoms with Crippen LogP contribution in [0.15, 0.2) is 0 Å². The largest absolute Gasteiger partial charge is 0.393 e. The number of hydrogen-bond acceptors (Lipinski definition) is 6. The van der Waals surface area contributed by atoms with Crippen LogP contribution in [0, 0.1) is 0 Å². The molecule has 78 valence electrons. The fraction of sp³-hybridized carbons (Fsp3) is 1.00. The topological polar surface area (TPSA) is 127 Å². The van der Waals surface area contributed by atoms with Crippen LogP contribution in [0.5, 0.6) is 0 Å². The van der Waals surface area contributed by atoms with Crippen LogP contribution in [-0.2, 0) is 0 Å². The Bertz CT molecular complexity index is 190. The summed E-state index contributed by atoms with van der Waals surface area (Å²) in [4.78, 5) is 0. The summed E-state index contributed by atoms with van der Waals surface area (Å²) in [5.41, 5.74) is 3.51. The summed E-state index contributed by atoms with van der Waals surface area (Å²) >= 11 is 0. The van der Waals surface area contributed by atoms with Crippen molar-refractivity contribution in [2.24, 2.45) is 5.73 Å². The Balaban J connectivity index is 2.82. The summed E-state index contributed by atoms with van der Waals surface area (Å²) < 4.78 is 0. The van der Waals surface area contributed by atoms with E-state index in [4.69, 9.17) is 10.8 Å². The standard InChI is InChI=1S/C7H15NO5/c8-4-5(11)3(10)1-7(13,2-9)6(4)12/h3-6,9-13H,1-2,8H2/t3-,4+,5+,6-,7+/m1/s1. The highest BCUT2D eigenvalue weighted by Gasteiger charge is 2.49. The van der Waals surface area contributed by atoms with Gasteiger partial charge in [-0.3, -0.25) is 0 Å². The zero-order valence-corrected chi connectivity index (χ0v) is 7.04. The molecule has 0 heterocycles. The lowest BCUT2D eigenvalue weighted by Crippen LogP contribution is -2.67. The minimum Gasteiger partial charge on any atom is -0.393 e. The molecule has 0 bridgehead atoms. The van der Waals surface area contributed by atoms with Crippen LogP contribution in [0.25, 0.3) is 0 Å². The molecule has 0 aromatic carbocycles. The molecular weight excluding hydrogens is 178 g/mol. The quantitative estimate of drug-likeness (QED) is 0.257. The summed E-state index contributed by atoms with van der Waals surface area (Å²) in [6, 6.07) is -1.15. The molecule has 6 heteroatoms. The van der Waals surface area contributed by atoms with E-state index in [9.17, 15) is 20.4 Å². The molecule has 0 aromatic heterocycles. The molecule has 1 aliphatic rings. The smallest absolute Gasteiger partial charge is 0.118 e. The van der Waals surface area contributed by atoms with Gasteiger partial charge in [0, 0.05) is 6.42 Å². The van der Waals surface area contributed by atoms with Gasteiger partial charge in [-0.1, -0.05) is 0 Å². The maximum absolute atomic E-state index is 9.56. The Morgan fingerprint density at radius 1 is 1.31 bits per heavy atom. The van der Waals surface area contributed by atoms with E-state index >= 15 is 0 Å². The third-order valence-corrected chi connectivity index (χ3v) is 2.54. The molecule has 0 unspecified atom stereocenters. The Morgan fingerprint density at radius 2 is 1.85 bits per heavy atom. The van der Waals surface area contributed by atoms with Gasteiger partial charge in [-0.15, -0.1) is 0 Å². The Hall–Kier alpha value is -0.240. The summed E-state index contributed by atoms with van der Waals surface area (Å²) in [6.45, 7) is -0.703. The first kappa shape index (κ1) is 10.8. The van der Waals surface area contributed by atoms with E-state index in [0.717, 1.165) is 0 Å². The predicted octanol–water partition coefficient (Wildman–Crippen LogP) is -3.48. The van der Waals surface area contributed by atoms with E-state index < -0.39 is 36.6 Å². The van der Waals surface area contributed by atoms with Gasteiger partial charge in [0.15, 0.2) is 0 Å². The fourth-order valence-electron chi connectivity index (χ4n) is 1.56. The highest BCUT2D eigenvalue weighted by atomic mass is 16.4. The van der Waals surface area contributed by atoms with E-state index in [2.05, 4.69) is 0 Å². The summed E-state index contributed by atoms with van der Waals surface area (Å²) in [7, 11) is 0. The first-order valence-electron chi connectivity index (χ1n) is 4.05. The highest BCUT2D eigenvalue weighted by Crippen LogP contribution is 2.28. The molecule has 13 heavy (non-hydrogen) atoms. The minimum absolute atomic E-state index is 0.292.